The molecule has 5 saturated heterocycles. The van der Waals surface area contributed by atoms with Gasteiger partial charge in [0.15, 0.2) is 57.5 Å². The molecule has 0 aliphatic carbocycles. The summed E-state index contributed by atoms with van der Waals surface area (Å²) in [5, 5.41) is 55.2. The lowest BCUT2D eigenvalue weighted by atomic mass is 9.75. The highest BCUT2D eigenvalue weighted by atomic mass is 16.5. The van der Waals surface area contributed by atoms with E-state index in [9.17, 15) is 32.4 Å². The number of rotatable bonds is 16. The van der Waals surface area contributed by atoms with Crippen molar-refractivity contribution in [3.05, 3.63) is 116 Å². The van der Waals surface area contributed by atoms with Crippen LogP contribution >= 0.6 is 0 Å². The van der Waals surface area contributed by atoms with Crippen molar-refractivity contribution in [2.75, 3.05) is 136 Å². The van der Waals surface area contributed by atoms with Crippen LogP contribution in [-0.2, 0) is 32.1 Å². The van der Waals surface area contributed by atoms with Crippen LogP contribution < -0.4 is 47.4 Å². The molecule has 0 aromatic heterocycles. The maximum atomic E-state index is 11.1. The molecule has 10 aliphatic heterocycles. The quantitative estimate of drug-likeness (QED) is 0.0622. The summed E-state index contributed by atoms with van der Waals surface area (Å²) in [6, 6.07) is -11.1. The highest BCUT2D eigenvalue weighted by molar-refractivity contribution is 5.54. The predicted octanol–water partition coefficient (Wildman–Crippen LogP) is 16.7. The Morgan fingerprint density at radius 3 is 0.697 bits per heavy atom. The van der Waals surface area contributed by atoms with Gasteiger partial charge in [-0.15, -0.1) is 0 Å². The lowest BCUT2D eigenvalue weighted by Gasteiger charge is -2.47. The van der Waals surface area contributed by atoms with Crippen LogP contribution in [0.4, 0.5) is 0 Å². The molecular weight excluding hydrogens is 1500 g/mol. The van der Waals surface area contributed by atoms with Crippen LogP contribution in [0.1, 0.15) is 323 Å². The molecule has 15 rings (SSSR count). The summed E-state index contributed by atoms with van der Waals surface area (Å²) >= 11 is 0. The molecule has 5 aromatic carbocycles. The average molecular weight is 1710 g/mol. The van der Waals surface area contributed by atoms with Gasteiger partial charge < -0.3 is 72.9 Å². The number of ether oxygens (including phenoxy) is 10. The van der Waals surface area contributed by atoms with Gasteiger partial charge in [0.2, 0.25) is 0 Å². The number of benzene rings is 5. The van der Waals surface area contributed by atoms with Crippen molar-refractivity contribution in [2.24, 2.45) is 57.2 Å². The highest BCUT2D eigenvalue weighted by Crippen LogP contribution is 2.52. The van der Waals surface area contributed by atoms with Crippen molar-refractivity contribution < 1.29 is 150 Å². The first-order valence-corrected chi connectivity index (χ1v) is 39.7. The Morgan fingerprint density at radius 1 is 0.328 bits per heavy atom. The largest absolute Gasteiger partial charge is 0.493 e. The second-order valence-corrected chi connectivity index (χ2v) is 32.5. The summed E-state index contributed by atoms with van der Waals surface area (Å²) < 4.78 is 509. The molecular formula is C99H153N5O15. The number of piperidine rings is 5. The maximum Gasteiger partial charge on any atom is 0.161 e. The van der Waals surface area contributed by atoms with E-state index in [0.29, 0.717) is 42.1 Å². The standard InChI is InChI=1S/4C20H31NO3.C19H29NO3/c4*1-20(2,3)11-14-12-21-7-6-13-8-18(23-4)19(24-5)9-15(13)16(21)10-17(14)22;1-12(2)7-14-11-20-6-5-13-8-18(22-3)19(23-4)9-15(13)16(20)10-17(14)21/h4*8-9,14,16-17,22H,6-7,10-12H2,1-5H3;8-9,12,14,16-17,21H,5-7,10-11H2,1-4H3/i2*1D3,2D3,5D3,8D,9D,11D2,16D;2*1D3,2D3,8D,9D,11D2,16D;4D3,8D,9D,16D. The predicted molar refractivity (Wildman–Crippen MR) is 474 cm³/mol. The lowest BCUT2D eigenvalue weighted by Crippen LogP contribution is -2.48. The Morgan fingerprint density at radius 2 is 0.513 bits per heavy atom. The average Bonchev–Trinajstić information content (AvgIpc) is 0.709. The van der Waals surface area contributed by atoms with Gasteiger partial charge in [-0.25, -0.2) is 0 Å². The number of hydrogen-bond donors (Lipinski definition) is 5. The fourth-order valence-corrected chi connectivity index (χ4v) is 17.2. The molecule has 5 N–H and O–H groups in total. The van der Waals surface area contributed by atoms with Gasteiger partial charge in [0.1, 0.15) is 0 Å². The van der Waals surface area contributed by atoms with Gasteiger partial charge in [0.05, 0.1) is 134 Å². The van der Waals surface area contributed by atoms with E-state index >= 15 is 0 Å². The number of aliphatic hydroxyl groups excluding tert-OH is 5. The van der Waals surface area contributed by atoms with Crippen molar-refractivity contribution >= 4 is 0 Å². The molecule has 664 valence electrons. The van der Waals surface area contributed by atoms with Crippen LogP contribution in [0.3, 0.4) is 0 Å². The van der Waals surface area contributed by atoms with Crippen LogP contribution in [-0.4, -0.2) is 217 Å². The van der Waals surface area contributed by atoms with E-state index < -0.39 is 270 Å². The van der Waals surface area contributed by atoms with Gasteiger partial charge in [0, 0.05) is 139 Å². The second kappa shape index (κ2) is 39.7. The summed E-state index contributed by atoms with van der Waals surface area (Å²) in [5.41, 5.74) is -9.32. The van der Waals surface area contributed by atoms with Crippen LogP contribution in [0, 0.1) is 57.2 Å². The molecule has 0 radical (unpaired) electrons. The summed E-state index contributed by atoms with van der Waals surface area (Å²) in [7, 11) is 0.148. The van der Waals surface area contributed by atoms with Gasteiger partial charge in [-0.2, -0.15) is 0 Å². The number of nitrogens with zero attached hydrogens (tertiary/aromatic N) is 5. The summed E-state index contributed by atoms with van der Waals surface area (Å²) in [4.78, 5) is 7.78. The zero-order valence-corrected chi connectivity index (χ0v) is 69.8. The third kappa shape index (κ3) is 22.8. The van der Waals surface area contributed by atoms with E-state index in [0.717, 1.165) is 34.1 Å². The molecule has 15 atom stereocenters. The molecule has 0 spiro atoms. The lowest BCUT2D eigenvalue weighted by molar-refractivity contribution is -0.0259. The molecule has 10 heterocycles. The Labute approximate surface area is 793 Å². The van der Waals surface area contributed by atoms with Crippen molar-refractivity contribution in [3.8, 4) is 57.5 Å². The van der Waals surface area contributed by atoms with E-state index in [1.165, 1.54) is 69.4 Å². The zero-order valence-electron chi connectivity index (χ0n) is 126. The fraction of sp³-hybridized carbons (Fsp3) is 0.697. The third-order valence-corrected chi connectivity index (χ3v) is 22.5. The van der Waals surface area contributed by atoms with E-state index in [4.69, 9.17) is 117 Å². The van der Waals surface area contributed by atoms with E-state index in [2.05, 4.69) is 13.8 Å². The monoisotopic (exact) mass is 1710 g/mol. The minimum absolute atomic E-state index is 0.0333. The van der Waals surface area contributed by atoms with E-state index in [-0.39, 0.29) is 211 Å². The Balaban J connectivity index is 0.000000204. The minimum Gasteiger partial charge on any atom is -0.493 e. The molecule has 20 heteroatoms. The topological polar surface area (TPSA) is 210 Å². The smallest absolute Gasteiger partial charge is 0.161 e. The number of methoxy groups -OCH3 is 10. The summed E-state index contributed by atoms with van der Waals surface area (Å²) in [5.74, 6) is -7.60. The zero-order chi connectivity index (χ0) is 134. The van der Waals surface area contributed by atoms with Gasteiger partial charge >= 0.3 is 0 Å². The number of hydrogen-bond acceptors (Lipinski definition) is 20. The first kappa shape index (κ1) is 44.0. The molecule has 5 fully saturated rings. The first-order valence-electron chi connectivity index (χ1n) is 67.7. The maximum absolute atomic E-state index is 11.1. The van der Waals surface area contributed by atoms with Crippen molar-refractivity contribution in [2.45, 2.75) is 253 Å². The van der Waals surface area contributed by atoms with E-state index in [1.807, 2.05) is 4.90 Å². The Kier molecular flexibility index (Phi) is 14.7. The fourth-order valence-electron chi connectivity index (χ4n) is 17.2. The highest BCUT2D eigenvalue weighted by Gasteiger charge is 2.46. The molecule has 5 aromatic rings. The van der Waals surface area contributed by atoms with Crippen LogP contribution in [0.2, 0.25) is 0 Å². The Bertz CT molecular complexity index is 6370. The number of aliphatic hydroxyl groups is 5. The van der Waals surface area contributed by atoms with E-state index in [1.54, 1.807) is 0 Å². The minimum atomic E-state index is -3.27. The van der Waals surface area contributed by atoms with Crippen molar-refractivity contribution in [3.63, 3.8) is 0 Å². The molecule has 0 saturated carbocycles. The van der Waals surface area contributed by atoms with Gasteiger partial charge in [0.25, 0.3) is 0 Å². The number of fused-ring (bicyclic) bond motifs is 15. The third-order valence-electron chi connectivity index (χ3n) is 22.5. The van der Waals surface area contributed by atoms with Crippen LogP contribution in [0.5, 0.6) is 57.5 Å². The first-order chi connectivity index (χ1) is 78.9. The summed E-state index contributed by atoms with van der Waals surface area (Å²) in [6.07, 6.45) is -18.9. The normalized spacial score (nSPS) is 39.0. The van der Waals surface area contributed by atoms with Crippen LogP contribution in [0.15, 0.2) is 60.4 Å². The molecule has 0 bridgehead atoms. The van der Waals surface area contributed by atoms with Crippen LogP contribution in [0.25, 0.3) is 0 Å². The summed E-state index contributed by atoms with van der Waals surface area (Å²) in [6.45, 7) is -18.3. The van der Waals surface area contributed by atoms with Gasteiger partial charge in [-0.3, -0.25) is 24.5 Å². The van der Waals surface area contributed by atoms with Crippen molar-refractivity contribution in [1.29, 1.82) is 0 Å². The second-order valence-electron chi connectivity index (χ2n) is 32.5. The molecule has 119 heavy (non-hydrogen) atoms. The van der Waals surface area contributed by atoms with Gasteiger partial charge in [-0.05, 0) is 269 Å². The molecule has 10 aliphatic rings. The van der Waals surface area contributed by atoms with Gasteiger partial charge in [-0.1, -0.05) is 96.4 Å². The molecule has 20 nitrogen and oxygen atoms in total. The SMILES string of the molecule is [2H]c1c2c(c([2H])c(OC([2H])([2H])[2H])c1OC)C1([2H])CC(O)C(C([2H])([2H])C(C)(C([2H])([2H])[2H])C([2H])([2H])[2H])CN1CC2.[2H]c1c2c(c([2H])c(OC([2H])([2H])[2H])c1OC)C1([2H])CC(O)C(C([2H])([2H])C(C)(C([2H])([2H])[2H])C([2H])([2H])[2H])CN1CC2.[2H]c1c2c(c([2H])c(OC([2H])([2H])[2H])c1OC)C1([2H])CC(O)C(CC(C)C)CN1CC2.[2H]c1c2c(c([2H])c(OC)c1OC)C1([2H])CC(O)C(C([2H])([2H])C(C)(C([2H])([2H])[2H])C([2H])([2H])[2H])CN1CC2.[2H]c1c2c(c([2H])c(OC)c1OC)C1([2H])CC(O)C(C([2H])([2H])C(C)(C([2H])([2H])[2H])C([2H])([2H])[2H])CN1CC2. The Hall–Kier alpha value is -6.30. The molecule has 15 unspecified atom stereocenters. The van der Waals surface area contributed by atoms with Crippen molar-refractivity contribution in [1.82, 2.24) is 24.5 Å². The molecule has 0 amide bonds.